The van der Waals surface area contributed by atoms with Gasteiger partial charge in [0.15, 0.2) is 6.61 Å². The molecule has 0 fully saturated rings. The SMILES string of the molecule is Cc1cc2c(cc1F)OCC2=O. The van der Waals surface area contributed by atoms with Gasteiger partial charge in [0.25, 0.3) is 0 Å². The summed E-state index contributed by atoms with van der Waals surface area (Å²) in [6.45, 7) is 1.67. The third-order valence-corrected chi connectivity index (χ3v) is 1.92. The normalized spacial score (nSPS) is 14.3. The molecule has 2 rings (SSSR count). The Labute approximate surface area is 69.0 Å². The first-order valence-electron chi connectivity index (χ1n) is 3.64. The van der Waals surface area contributed by atoms with E-state index in [4.69, 9.17) is 4.74 Å². The Hall–Kier alpha value is -1.38. The average molecular weight is 166 g/mol. The predicted molar refractivity (Wildman–Crippen MR) is 41.0 cm³/mol. The molecule has 0 amide bonds. The Kier molecular flexibility index (Phi) is 1.40. The van der Waals surface area contributed by atoms with Crippen molar-refractivity contribution < 1.29 is 13.9 Å². The number of benzene rings is 1. The number of Topliss-reactive ketones (excluding diaryl/α,β-unsaturated/α-hetero) is 1. The minimum Gasteiger partial charge on any atom is -0.485 e. The molecular formula is C9H7FO2. The van der Waals surface area contributed by atoms with Gasteiger partial charge in [-0.2, -0.15) is 0 Å². The van der Waals surface area contributed by atoms with Gasteiger partial charge in [0.2, 0.25) is 5.78 Å². The van der Waals surface area contributed by atoms with E-state index in [9.17, 15) is 9.18 Å². The molecule has 2 nitrogen and oxygen atoms in total. The monoisotopic (exact) mass is 166 g/mol. The number of carbonyl (C=O) groups is 1. The summed E-state index contributed by atoms with van der Waals surface area (Å²) in [6, 6.07) is 2.79. The Bertz CT molecular complexity index is 358. The van der Waals surface area contributed by atoms with Crippen LogP contribution in [0.1, 0.15) is 15.9 Å². The van der Waals surface area contributed by atoms with Gasteiger partial charge in [0.05, 0.1) is 5.56 Å². The van der Waals surface area contributed by atoms with Crippen LogP contribution in [0.3, 0.4) is 0 Å². The molecule has 1 heterocycles. The molecule has 0 aliphatic carbocycles. The lowest BCUT2D eigenvalue weighted by molar-refractivity contribution is 0.0961. The Morgan fingerprint density at radius 2 is 2.25 bits per heavy atom. The number of carbonyl (C=O) groups excluding carboxylic acids is 1. The van der Waals surface area contributed by atoms with Crippen LogP contribution in [-0.2, 0) is 0 Å². The standard InChI is InChI=1S/C9H7FO2/c1-5-2-6-8(11)4-12-9(6)3-7(5)10/h2-3H,4H2,1H3. The van der Waals surface area contributed by atoms with Crippen LogP contribution < -0.4 is 4.74 Å². The van der Waals surface area contributed by atoms with Crippen LogP contribution in [0.25, 0.3) is 0 Å². The number of hydrogen-bond acceptors (Lipinski definition) is 2. The summed E-state index contributed by atoms with van der Waals surface area (Å²) in [5.41, 5.74) is 0.974. The van der Waals surface area contributed by atoms with Crippen LogP contribution in [0, 0.1) is 12.7 Å². The highest BCUT2D eigenvalue weighted by Gasteiger charge is 2.22. The molecule has 3 heteroatoms. The summed E-state index contributed by atoms with van der Waals surface area (Å²) in [6.07, 6.45) is 0. The largest absolute Gasteiger partial charge is 0.485 e. The topological polar surface area (TPSA) is 26.3 Å². The van der Waals surface area contributed by atoms with E-state index >= 15 is 0 Å². The molecule has 12 heavy (non-hydrogen) atoms. The number of ketones is 1. The van der Waals surface area contributed by atoms with Gasteiger partial charge in [0.1, 0.15) is 11.6 Å². The highest BCUT2D eigenvalue weighted by Crippen LogP contribution is 2.27. The Morgan fingerprint density at radius 1 is 1.50 bits per heavy atom. The maximum absolute atomic E-state index is 12.9. The molecule has 0 bridgehead atoms. The van der Waals surface area contributed by atoms with E-state index in [1.165, 1.54) is 12.1 Å². The van der Waals surface area contributed by atoms with Gasteiger partial charge in [-0.15, -0.1) is 0 Å². The molecule has 0 saturated carbocycles. The molecule has 0 radical (unpaired) electrons. The maximum Gasteiger partial charge on any atom is 0.203 e. The van der Waals surface area contributed by atoms with Gasteiger partial charge >= 0.3 is 0 Å². The van der Waals surface area contributed by atoms with Gasteiger partial charge in [-0.25, -0.2) is 4.39 Å². The minimum atomic E-state index is -0.330. The first kappa shape index (κ1) is 7.28. The number of halogens is 1. The second-order valence-electron chi connectivity index (χ2n) is 2.81. The van der Waals surface area contributed by atoms with Gasteiger partial charge in [-0.1, -0.05) is 0 Å². The van der Waals surface area contributed by atoms with E-state index < -0.39 is 0 Å². The highest BCUT2D eigenvalue weighted by molar-refractivity contribution is 6.02. The summed E-state index contributed by atoms with van der Waals surface area (Å²) in [7, 11) is 0. The van der Waals surface area contributed by atoms with Gasteiger partial charge < -0.3 is 4.74 Å². The fraction of sp³-hybridized carbons (Fsp3) is 0.222. The molecule has 0 spiro atoms. The summed E-state index contributed by atoms with van der Waals surface area (Å²) in [5, 5.41) is 0. The van der Waals surface area contributed by atoms with Crippen molar-refractivity contribution >= 4 is 5.78 Å². The van der Waals surface area contributed by atoms with Gasteiger partial charge in [0, 0.05) is 6.07 Å². The van der Waals surface area contributed by atoms with Crippen molar-refractivity contribution in [1.82, 2.24) is 0 Å². The second kappa shape index (κ2) is 2.30. The van der Waals surface area contributed by atoms with Gasteiger partial charge in [-0.05, 0) is 18.6 Å². The molecule has 0 aromatic heterocycles. The second-order valence-corrected chi connectivity index (χ2v) is 2.81. The lowest BCUT2D eigenvalue weighted by atomic mass is 10.1. The molecule has 0 unspecified atom stereocenters. The zero-order valence-corrected chi connectivity index (χ0v) is 6.56. The fourth-order valence-electron chi connectivity index (χ4n) is 1.22. The maximum atomic E-state index is 12.9. The van der Waals surface area contributed by atoms with Crippen molar-refractivity contribution in [1.29, 1.82) is 0 Å². The lowest BCUT2D eigenvalue weighted by Gasteiger charge is -1.99. The highest BCUT2D eigenvalue weighted by atomic mass is 19.1. The third kappa shape index (κ3) is 0.897. The van der Waals surface area contributed by atoms with Crippen LogP contribution in [0.2, 0.25) is 0 Å². The zero-order valence-electron chi connectivity index (χ0n) is 6.56. The van der Waals surface area contributed by atoms with Crippen LogP contribution in [0.4, 0.5) is 4.39 Å². The summed E-state index contributed by atoms with van der Waals surface area (Å²) in [5.74, 6) is -0.0420. The van der Waals surface area contributed by atoms with Crippen molar-refractivity contribution in [2.75, 3.05) is 6.61 Å². The molecule has 0 atom stereocenters. The quantitative estimate of drug-likeness (QED) is 0.586. The Balaban J connectivity index is 2.63. The summed E-state index contributed by atoms with van der Waals surface area (Å²) < 4.78 is 17.9. The molecule has 0 saturated heterocycles. The number of rotatable bonds is 0. The molecule has 1 aliphatic rings. The van der Waals surface area contributed by atoms with Crippen LogP contribution in [-0.4, -0.2) is 12.4 Å². The van der Waals surface area contributed by atoms with E-state index in [1.54, 1.807) is 6.92 Å². The van der Waals surface area contributed by atoms with E-state index in [0.717, 1.165) is 0 Å². The zero-order chi connectivity index (χ0) is 8.72. The fourth-order valence-corrected chi connectivity index (χ4v) is 1.22. The lowest BCUT2D eigenvalue weighted by Crippen LogP contribution is -1.98. The molecule has 1 aliphatic heterocycles. The van der Waals surface area contributed by atoms with Gasteiger partial charge in [-0.3, -0.25) is 4.79 Å². The first-order chi connectivity index (χ1) is 5.68. The van der Waals surface area contributed by atoms with Crippen LogP contribution in [0.15, 0.2) is 12.1 Å². The first-order valence-corrected chi connectivity index (χ1v) is 3.64. The van der Waals surface area contributed by atoms with E-state index in [-0.39, 0.29) is 18.2 Å². The summed E-state index contributed by atoms with van der Waals surface area (Å²) >= 11 is 0. The molecule has 1 aromatic rings. The molecule has 62 valence electrons. The van der Waals surface area contributed by atoms with Crippen LogP contribution >= 0.6 is 0 Å². The molecule has 1 aromatic carbocycles. The van der Waals surface area contributed by atoms with Crippen molar-refractivity contribution in [3.05, 3.63) is 29.1 Å². The van der Waals surface area contributed by atoms with E-state index in [2.05, 4.69) is 0 Å². The third-order valence-electron chi connectivity index (χ3n) is 1.92. The van der Waals surface area contributed by atoms with Crippen molar-refractivity contribution in [3.63, 3.8) is 0 Å². The number of fused-ring (bicyclic) bond motifs is 1. The van der Waals surface area contributed by atoms with Crippen molar-refractivity contribution in [2.45, 2.75) is 6.92 Å². The minimum absolute atomic E-state index is 0.0399. The molecular weight excluding hydrogens is 159 g/mol. The Morgan fingerprint density at radius 3 is 3.00 bits per heavy atom. The number of hydrogen-bond donors (Lipinski definition) is 0. The number of ether oxygens (including phenoxy) is 1. The summed E-state index contributed by atoms with van der Waals surface area (Å²) in [4.78, 5) is 11.1. The van der Waals surface area contributed by atoms with Crippen molar-refractivity contribution in [3.8, 4) is 5.75 Å². The van der Waals surface area contributed by atoms with Crippen LogP contribution in [0.5, 0.6) is 5.75 Å². The van der Waals surface area contributed by atoms with Crippen molar-refractivity contribution in [2.24, 2.45) is 0 Å². The smallest absolute Gasteiger partial charge is 0.203 e. The average Bonchev–Trinajstić information content (AvgIpc) is 2.35. The predicted octanol–water partition coefficient (Wildman–Crippen LogP) is 1.71. The molecule has 0 N–H and O–H groups in total. The number of aryl methyl sites for hydroxylation is 1. The van der Waals surface area contributed by atoms with E-state index in [1.807, 2.05) is 0 Å². The van der Waals surface area contributed by atoms with E-state index in [0.29, 0.717) is 16.9 Å².